The van der Waals surface area contributed by atoms with Gasteiger partial charge in [-0.05, 0) is 37.7 Å². The summed E-state index contributed by atoms with van der Waals surface area (Å²) in [5.41, 5.74) is 0.985. The highest BCUT2D eigenvalue weighted by atomic mass is 32.1. The summed E-state index contributed by atoms with van der Waals surface area (Å²) in [5.74, 6) is 0.198. The molecule has 7 heteroatoms. The van der Waals surface area contributed by atoms with E-state index in [-0.39, 0.29) is 18.7 Å². The van der Waals surface area contributed by atoms with Crippen LogP contribution < -0.4 is 5.56 Å². The number of carbonyl (C=O) groups excluding carboxylic acids is 1. The lowest BCUT2D eigenvalue weighted by Gasteiger charge is -2.17. The highest BCUT2D eigenvalue weighted by molar-refractivity contribution is 7.18. The molecule has 0 aliphatic heterocycles. The quantitative estimate of drug-likeness (QED) is 0.590. The molecule has 1 atom stereocenters. The Hall–Kier alpha value is -1.73. The topological polar surface area (TPSA) is 70.4 Å². The van der Waals surface area contributed by atoms with Crippen molar-refractivity contribution in [3.8, 4) is 0 Å². The fourth-order valence-electron chi connectivity index (χ4n) is 3.02. The van der Waals surface area contributed by atoms with E-state index in [0.717, 1.165) is 29.7 Å². The second kappa shape index (κ2) is 7.44. The second-order valence-electron chi connectivity index (χ2n) is 6.13. The molecule has 0 radical (unpaired) electrons. The van der Waals surface area contributed by atoms with Gasteiger partial charge in [-0.25, -0.2) is 4.98 Å². The molecule has 0 N–H and O–H groups in total. The van der Waals surface area contributed by atoms with Crippen molar-refractivity contribution >= 4 is 27.5 Å². The van der Waals surface area contributed by atoms with Crippen molar-refractivity contribution in [2.75, 3.05) is 19.8 Å². The molecule has 0 fully saturated rings. The van der Waals surface area contributed by atoms with Crippen LogP contribution in [0.1, 0.15) is 30.7 Å². The number of hydrogen-bond acceptors (Lipinski definition) is 6. The van der Waals surface area contributed by atoms with Crippen molar-refractivity contribution in [3.63, 3.8) is 0 Å². The number of aryl methyl sites for hydroxylation is 1. The van der Waals surface area contributed by atoms with Crippen LogP contribution in [0.4, 0.5) is 0 Å². The molecule has 0 spiro atoms. The van der Waals surface area contributed by atoms with Crippen molar-refractivity contribution in [3.05, 3.63) is 27.1 Å². The number of nitrogens with zero attached hydrogens (tertiary/aromatic N) is 2. The molecule has 2 aromatic heterocycles. The largest absolute Gasteiger partial charge is 0.462 e. The predicted molar refractivity (Wildman–Crippen MR) is 92.5 cm³/mol. The van der Waals surface area contributed by atoms with Crippen LogP contribution in [-0.4, -0.2) is 35.3 Å². The summed E-state index contributed by atoms with van der Waals surface area (Å²) in [7, 11) is 0. The number of rotatable bonds is 6. The Balaban J connectivity index is 1.79. The monoisotopic (exact) mass is 350 g/mol. The van der Waals surface area contributed by atoms with Crippen LogP contribution in [0, 0.1) is 5.92 Å². The van der Waals surface area contributed by atoms with Gasteiger partial charge in [-0.15, -0.1) is 11.3 Å². The number of thiophene rings is 1. The molecule has 2 heterocycles. The van der Waals surface area contributed by atoms with E-state index in [1.807, 2.05) is 6.92 Å². The SMILES string of the molecule is CCOCCOC(=O)Cn1cnc2sc3c(c2c1=O)CC[C@@H](C)C3. The van der Waals surface area contributed by atoms with Gasteiger partial charge in [0.2, 0.25) is 0 Å². The van der Waals surface area contributed by atoms with Crippen LogP contribution in [0.15, 0.2) is 11.1 Å². The number of hydrogen-bond donors (Lipinski definition) is 0. The molecular formula is C17H22N2O4S. The molecule has 2 aromatic rings. The van der Waals surface area contributed by atoms with Crippen LogP contribution in [0.2, 0.25) is 0 Å². The normalized spacial score (nSPS) is 17.0. The van der Waals surface area contributed by atoms with E-state index in [1.165, 1.54) is 15.8 Å². The highest BCUT2D eigenvalue weighted by Crippen LogP contribution is 2.35. The molecule has 0 saturated heterocycles. The summed E-state index contributed by atoms with van der Waals surface area (Å²) in [6, 6.07) is 0. The molecule has 0 saturated carbocycles. The van der Waals surface area contributed by atoms with Gasteiger partial charge < -0.3 is 9.47 Å². The van der Waals surface area contributed by atoms with Gasteiger partial charge in [-0.1, -0.05) is 6.92 Å². The molecule has 3 rings (SSSR count). The summed E-state index contributed by atoms with van der Waals surface area (Å²) in [6.07, 6.45) is 4.46. The van der Waals surface area contributed by atoms with E-state index >= 15 is 0 Å². The standard InChI is InChI=1S/C17H22N2O4S/c1-3-22-6-7-23-14(20)9-19-10-18-16-15(17(19)21)12-5-4-11(2)8-13(12)24-16/h10-11H,3-9H2,1-2H3/t11-/m1/s1. The van der Waals surface area contributed by atoms with Gasteiger partial charge in [0.25, 0.3) is 5.56 Å². The zero-order valence-corrected chi connectivity index (χ0v) is 14.9. The van der Waals surface area contributed by atoms with Gasteiger partial charge in [-0.3, -0.25) is 14.2 Å². The van der Waals surface area contributed by atoms with Crippen LogP contribution >= 0.6 is 11.3 Å². The summed E-state index contributed by atoms with van der Waals surface area (Å²) >= 11 is 1.61. The minimum Gasteiger partial charge on any atom is -0.462 e. The molecule has 24 heavy (non-hydrogen) atoms. The van der Waals surface area contributed by atoms with Crippen molar-refractivity contribution in [2.24, 2.45) is 5.92 Å². The zero-order valence-electron chi connectivity index (χ0n) is 14.0. The minimum atomic E-state index is -0.448. The van der Waals surface area contributed by atoms with Crippen LogP contribution in [0.3, 0.4) is 0 Å². The van der Waals surface area contributed by atoms with Gasteiger partial charge in [0.05, 0.1) is 18.3 Å². The van der Waals surface area contributed by atoms with E-state index in [2.05, 4.69) is 11.9 Å². The minimum absolute atomic E-state index is 0.116. The Kier molecular flexibility index (Phi) is 5.30. The number of ether oxygens (including phenoxy) is 2. The van der Waals surface area contributed by atoms with Gasteiger partial charge in [0.1, 0.15) is 18.0 Å². The first kappa shape index (κ1) is 17.1. The molecule has 1 aliphatic carbocycles. The maximum atomic E-state index is 12.8. The third kappa shape index (κ3) is 3.52. The Morgan fingerprint density at radius 2 is 2.29 bits per heavy atom. The van der Waals surface area contributed by atoms with Crippen molar-refractivity contribution < 1.29 is 14.3 Å². The molecule has 1 aliphatic rings. The molecule has 0 aromatic carbocycles. The lowest BCUT2D eigenvalue weighted by atomic mass is 9.89. The van der Waals surface area contributed by atoms with Gasteiger partial charge in [0.15, 0.2) is 0 Å². The first-order valence-corrected chi connectivity index (χ1v) is 9.14. The lowest BCUT2D eigenvalue weighted by Crippen LogP contribution is -2.26. The van der Waals surface area contributed by atoms with Crippen molar-refractivity contribution in [2.45, 2.75) is 39.7 Å². The number of carbonyl (C=O) groups is 1. The Labute approximate surface area is 144 Å². The second-order valence-corrected chi connectivity index (χ2v) is 7.21. The number of esters is 1. The van der Waals surface area contributed by atoms with Gasteiger partial charge in [0, 0.05) is 11.5 Å². The zero-order chi connectivity index (χ0) is 17.1. The van der Waals surface area contributed by atoms with Crippen LogP contribution in [-0.2, 0) is 33.7 Å². The summed E-state index contributed by atoms with van der Waals surface area (Å²) < 4.78 is 11.5. The van der Waals surface area contributed by atoms with Crippen LogP contribution in [0.5, 0.6) is 0 Å². The third-order valence-electron chi connectivity index (χ3n) is 4.28. The molecular weight excluding hydrogens is 328 g/mol. The average molecular weight is 350 g/mol. The van der Waals surface area contributed by atoms with Gasteiger partial charge in [-0.2, -0.15) is 0 Å². The molecule has 130 valence electrons. The van der Waals surface area contributed by atoms with Crippen LogP contribution in [0.25, 0.3) is 10.2 Å². The first-order valence-electron chi connectivity index (χ1n) is 8.33. The maximum Gasteiger partial charge on any atom is 0.326 e. The fraction of sp³-hybridized carbons (Fsp3) is 0.588. The average Bonchev–Trinajstić information content (AvgIpc) is 2.92. The van der Waals surface area contributed by atoms with Crippen molar-refractivity contribution in [1.82, 2.24) is 9.55 Å². The van der Waals surface area contributed by atoms with E-state index in [9.17, 15) is 9.59 Å². The summed E-state index contributed by atoms with van der Waals surface area (Å²) in [6.45, 7) is 5.14. The smallest absolute Gasteiger partial charge is 0.326 e. The number of aromatic nitrogens is 2. The van der Waals surface area contributed by atoms with E-state index in [1.54, 1.807) is 11.3 Å². The van der Waals surface area contributed by atoms with Crippen molar-refractivity contribution in [1.29, 1.82) is 0 Å². The Bertz CT molecular complexity index is 796. The first-order chi connectivity index (χ1) is 11.6. The highest BCUT2D eigenvalue weighted by Gasteiger charge is 2.23. The molecule has 6 nitrogen and oxygen atoms in total. The lowest BCUT2D eigenvalue weighted by molar-refractivity contribution is -0.145. The predicted octanol–water partition coefficient (Wildman–Crippen LogP) is 2.16. The maximum absolute atomic E-state index is 12.8. The Morgan fingerprint density at radius 3 is 3.08 bits per heavy atom. The van der Waals surface area contributed by atoms with E-state index in [0.29, 0.717) is 24.5 Å². The third-order valence-corrected chi connectivity index (χ3v) is 5.44. The number of fused-ring (bicyclic) bond motifs is 3. The van der Waals surface area contributed by atoms with E-state index in [4.69, 9.17) is 9.47 Å². The Morgan fingerprint density at radius 1 is 1.46 bits per heavy atom. The van der Waals surface area contributed by atoms with Gasteiger partial charge >= 0.3 is 5.97 Å². The fourth-order valence-corrected chi connectivity index (χ4v) is 4.36. The summed E-state index contributed by atoms with van der Waals surface area (Å²) in [5, 5.41) is 0.687. The molecule has 0 unspecified atom stereocenters. The van der Waals surface area contributed by atoms with E-state index < -0.39 is 5.97 Å². The molecule has 0 amide bonds. The molecule has 0 bridgehead atoms. The summed E-state index contributed by atoms with van der Waals surface area (Å²) in [4.78, 5) is 31.1.